The Balaban J connectivity index is 2.06. The zero-order chi connectivity index (χ0) is 14.8. The molecule has 4 nitrogen and oxygen atoms in total. The number of anilines is 1. The van der Waals surface area contributed by atoms with Crippen LogP contribution in [0.15, 0.2) is 12.1 Å². The summed E-state index contributed by atoms with van der Waals surface area (Å²) in [4.78, 5) is 16.7. The molecule has 2 rings (SSSR count). The highest BCUT2D eigenvalue weighted by Crippen LogP contribution is 2.35. The van der Waals surface area contributed by atoms with E-state index in [9.17, 15) is 4.79 Å². The van der Waals surface area contributed by atoms with Crippen molar-refractivity contribution in [2.45, 2.75) is 52.5 Å². The van der Waals surface area contributed by atoms with Gasteiger partial charge in [-0.15, -0.1) is 0 Å². The van der Waals surface area contributed by atoms with Crippen LogP contribution in [0.4, 0.5) is 5.82 Å². The van der Waals surface area contributed by atoms with Crippen LogP contribution in [0.1, 0.15) is 55.6 Å². The van der Waals surface area contributed by atoms with Crippen molar-refractivity contribution in [3.63, 3.8) is 0 Å². The number of pyridine rings is 1. The molecule has 1 aromatic heterocycles. The Labute approximate surface area is 121 Å². The van der Waals surface area contributed by atoms with Crippen LogP contribution in [-0.2, 0) is 0 Å². The molecule has 110 valence electrons. The average molecular weight is 275 g/mol. The molecule has 0 radical (unpaired) electrons. The quantitative estimate of drug-likeness (QED) is 0.891. The topological polar surface area (TPSA) is 54.0 Å². The summed E-state index contributed by atoms with van der Waals surface area (Å²) in [5, 5.41) is 6.16. The summed E-state index contributed by atoms with van der Waals surface area (Å²) in [6.07, 6.45) is 4.58. The van der Waals surface area contributed by atoms with E-state index in [-0.39, 0.29) is 11.9 Å². The lowest BCUT2D eigenvalue weighted by Crippen LogP contribution is -2.40. The van der Waals surface area contributed by atoms with Crippen molar-refractivity contribution in [2.24, 2.45) is 5.41 Å². The van der Waals surface area contributed by atoms with Crippen molar-refractivity contribution >= 4 is 11.7 Å². The van der Waals surface area contributed by atoms with Crippen LogP contribution < -0.4 is 10.6 Å². The van der Waals surface area contributed by atoms with E-state index in [2.05, 4.69) is 29.5 Å². The number of nitrogens with zero attached hydrogens (tertiary/aromatic N) is 1. The first kappa shape index (κ1) is 14.8. The van der Waals surface area contributed by atoms with Gasteiger partial charge in [0.15, 0.2) is 0 Å². The molecule has 1 atom stereocenters. The number of amides is 1. The second-order valence-electron chi connectivity index (χ2n) is 6.56. The van der Waals surface area contributed by atoms with Crippen LogP contribution in [0.5, 0.6) is 0 Å². The first-order valence-corrected chi connectivity index (χ1v) is 7.37. The second-order valence-corrected chi connectivity index (χ2v) is 6.56. The van der Waals surface area contributed by atoms with Gasteiger partial charge in [0, 0.05) is 24.3 Å². The maximum absolute atomic E-state index is 12.4. The maximum atomic E-state index is 12.4. The number of nitrogens with one attached hydrogen (secondary N) is 2. The molecule has 0 spiro atoms. The van der Waals surface area contributed by atoms with E-state index in [0.717, 1.165) is 24.4 Å². The van der Waals surface area contributed by atoms with Gasteiger partial charge in [0.1, 0.15) is 5.82 Å². The van der Waals surface area contributed by atoms with Gasteiger partial charge in [-0.1, -0.05) is 20.3 Å². The first-order valence-electron chi connectivity index (χ1n) is 7.37. The standard InChI is InChI=1S/C16H25N3O/c1-11-8-12(9-14(17-4)18-11)15(20)19-13-6-5-7-16(2,3)10-13/h8-9,13H,5-7,10H2,1-4H3,(H,17,18)(H,19,20). The van der Waals surface area contributed by atoms with E-state index in [1.807, 2.05) is 20.0 Å². The van der Waals surface area contributed by atoms with Crippen molar-refractivity contribution in [2.75, 3.05) is 12.4 Å². The Morgan fingerprint density at radius 3 is 2.80 bits per heavy atom. The number of carbonyl (C=O) groups is 1. The smallest absolute Gasteiger partial charge is 0.251 e. The Morgan fingerprint density at radius 1 is 1.40 bits per heavy atom. The molecule has 2 N–H and O–H groups in total. The van der Waals surface area contributed by atoms with Crippen molar-refractivity contribution in [1.29, 1.82) is 0 Å². The van der Waals surface area contributed by atoms with Gasteiger partial charge in [0.05, 0.1) is 0 Å². The van der Waals surface area contributed by atoms with Crippen LogP contribution in [-0.4, -0.2) is 24.0 Å². The number of aromatic nitrogens is 1. The van der Waals surface area contributed by atoms with E-state index in [0.29, 0.717) is 11.0 Å². The maximum Gasteiger partial charge on any atom is 0.251 e. The molecule has 1 heterocycles. The van der Waals surface area contributed by atoms with Crippen LogP contribution >= 0.6 is 0 Å². The molecule has 20 heavy (non-hydrogen) atoms. The molecule has 1 aromatic rings. The number of rotatable bonds is 3. The van der Waals surface area contributed by atoms with E-state index in [4.69, 9.17) is 0 Å². The van der Waals surface area contributed by atoms with Gasteiger partial charge in [-0.25, -0.2) is 4.98 Å². The molecule has 1 aliphatic carbocycles. The SMILES string of the molecule is CNc1cc(C(=O)NC2CCCC(C)(C)C2)cc(C)n1. The lowest BCUT2D eigenvalue weighted by Gasteiger charge is -2.35. The van der Waals surface area contributed by atoms with Gasteiger partial charge >= 0.3 is 0 Å². The van der Waals surface area contributed by atoms with E-state index >= 15 is 0 Å². The van der Waals surface area contributed by atoms with Gasteiger partial charge in [-0.2, -0.15) is 0 Å². The van der Waals surface area contributed by atoms with Crippen molar-refractivity contribution < 1.29 is 4.79 Å². The minimum absolute atomic E-state index is 0.00898. The fourth-order valence-corrected chi connectivity index (χ4v) is 3.02. The summed E-state index contributed by atoms with van der Waals surface area (Å²) in [6.45, 7) is 6.46. The largest absolute Gasteiger partial charge is 0.373 e. The van der Waals surface area contributed by atoms with E-state index in [1.54, 1.807) is 6.07 Å². The predicted octanol–water partition coefficient (Wildman–Crippen LogP) is 3.13. The average Bonchev–Trinajstić information content (AvgIpc) is 2.36. The highest BCUT2D eigenvalue weighted by Gasteiger charge is 2.28. The third-order valence-corrected chi connectivity index (χ3v) is 4.01. The Hall–Kier alpha value is -1.58. The Bertz CT molecular complexity index is 496. The Kier molecular flexibility index (Phi) is 4.31. The Morgan fingerprint density at radius 2 is 2.15 bits per heavy atom. The molecule has 1 aliphatic rings. The molecule has 1 amide bonds. The highest BCUT2D eigenvalue weighted by molar-refractivity contribution is 5.95. The second kappa shape index (κ2) is 5.81. The predicted molar refractivity (Wildman–Crippen MR) is 82.0 cm³/mol. The first-order chi connectivity index (χ1) is 9.39. The molecule has 0 bridgehead atoms. The molecular formula is C16H25N3O. The van der Waals surface area contributed by atoms with Gasteiger partial charge in [-0.05, 0) is 43.7 Å². The lowest BCUT2D eigenvalue weighted by atomic mass is 9.75. The molecule has 4 heteroatoms. The fraction of sp³-hybridized carbons (Fsp3) is 0.625. The van der Waals surface area contributed by atoms with Gasteiger partial charge in [0.2, 0.25) is 0 Å². The molecule has 0 saturated heterocycles. The van der Waals surface area contributed by atoms with Crippen LogP contribution in [0.3, 0.4) is 0 Å². The molecule has 1 saturated carbocycles. The summed E-state index contributed by atoms with van der Waals surface area (Å²) in [5.74, 6) is 0.744. The van der Waals surface area contributed by atoms with Gasteiger partial charge < -0.3 is 10.6 Å². The van der Waals surface area contributed by atoms with Crippen LogP contribution in [0, 0.1) is 12.3 Å². The summed E-state index contributed by atoms with van der Waals surface area (Å²) >= 11 is 0. The number of hydrogen-bond acceptors (Lipinski definition) is 3. The minimum Gasteiger partial charge on any atom is -0.373 e. The summed E-state index contributed by atoms with van der Waals surface area (Å²) in [5.41, 5.74) is 1.87. The van der Waals surface area contributed by atoms with Crippen LogP contribution in [0.25, 0.3) is 0 Å². The van der Waals surface area contributed by atoms with Crippen LogP contribution in [0.2, 0.25) is 0 Å². The zero-order valence-electron chi connectivity index (χ0n) is 12.9. The number of aryl methyl sites for hydroxylation is 1. The normalized spacial score (nSPS) is 21.3. The number of hydrogen-bond donors (Lipinski definition) is 2. The summed E-state index contributed by atoms with van der Waals surface area (Å²) < 4.78 is 0. The third-order valence-electron chi connectivity index (χ3n) is 4.01. The lowest BCUT2D eigenvalue weighted by molar-refractivity contribution is 0.0902. The zero-order valence-corrected chi connectivity index (χ0v) is 12.9. The molecule has 1 unspecified atom stereocenters. The highest BCUT2D eigenvalue weighted by atomic mass is 16.1. The van der Waals surface area contributed by atoms with Gasteiger partial charge in [0.25, 0.3) is 5.91 Å². The summed E-state index contributed by atoms with van der Waals surface area (Å²) in [7, 11) is 1.81. The monoisotopic (exact) mass is 275 g/mol. The molecule has 0 aliphatic heterocycles. The van der Waals surface area contributed by atoms with E-state index < -0.39 is 0 Å². The summed E-state index contributed by atoms with van der Waals surface area (Å²) in [6, 6.07) is 3.93. The molecular weight excluding hydrogens is 250 g/mol. The minimum atomic E-state index is 0.00898. The van der Waals surface area contributed by atoms with Crippen molar-refractivity contribution in [3.05, 3.63) is 23.4 Å². The number of carbonyl (C=O) groups excluding carboxylic acids is 1. The van der Waals surface area contributed by atoms with Crippen molar-refractivity contribution in [1.82, 2.24) is 10.3 Å². The molecule has 1 fully saturated rings. The fourth-order valence-electron chi connectivity index (χ4n) is 3.02. The van der Waals surface area contributed by atoms with E-state index in [1.165, 1.54) is 12.8 Å². The van der Waals surface area contributed by atoms with Crippen molar-refractivity contribution in [3.8, 4) is 0 Å². The molecule has 0 aromatic carbocycles. The van der Waals surface area contributed by atoms with Gasteiger partial charge in [-0.3, -0.25) is 4.79 Å². The third kappa shape index (κ3) is 3.71.